The predicted octanol–water partition coefficient (Wildman–Crippen LogP) is 1.20. The van der Waals surface area contributed by atoms with E-state index in [1.807, 2.05) is 0 Å². The first-order valence-corrected chi connectivity index (χ1v) is 5.59. The lowest BCUT2D eigenvalue weighted by molar-refractivity contribution is 0.0193. The number of halogens is 1. The van der Waals surface area contributed by atoms with Gasteiger partial charge >= 0.3 is 0 Å². The van der Waals surface area contributed by atoms with Crippen LogP contribution in [-0.2, 0) is 4.74 Å². The van der Waals surface area contributed by atoms with Crippen LogP contribution in [0.1, 0.15) is 18.0 Å². The Hall–Kier alpha value is -0.970. The number of rotatable bonds is 3. The molecule has 0 aliphatic carbocycles. The quantitative estimate of drug-likeness (QED) is 0.811. The van der Waals surface area contributed by atoms with E-state index >= 15 is 0 Å². The highest BCUT2D eigenvalue weighted by Gasteiger charge is 2.19. The minimum absolute atomic E-state index is 0.0864. The second kappa shape index (κ2) is 5.39. The summed E-state index contributed by atoms with van der Waals surface area (Å²) in [6.45, 7) is 2.38. The Morgan fingerprint density at radius 2 is 2.31 bits per heavy atom. The molecule has 1 fully saturated rings. The molecule has 1 aromatic rings. The molecule has 88 valence electrons. The van der Waals surface area contributed by atoms with Gasteiger partial charge in [0.15, 0.2) is 0 Å². The Morgan fingerprint density at radius 3 is 3.00 bits per heavy atom. The van der Waals surface area contributed by atoms with Gasteiger partial charge in [0.05, 0.1) is 12.7 Å². The molecule has 2 unspecified atom stereocenters. The van der Waals surface area contributed by atoms with E-state index in [2.05, 4.69) is 5.32 Å². The Morgan fingerprint density at radius 1 is 1.50 bits per heavy atom. The zero-order valence-corrected chi connectivity index (χ0v) is 9.16. The Balaban J connectivity index is 1.96. The Bertz CT molecular complexity index is 340. The number of hydrogen-bond donors (Lipinski definition) is 2. The van der Waals surface area contributed by atoms with Gasteiger partial charge in [-0.25, -0.2) is 4.39 Å². The van der Waals surface area contributed by atoms with Crippen molar-refractivity contribution in [2.45, 2.75) is 18.6 Å². The second-order valence-corrected chi connectivity index (χ2v) is 4.06. The van der Waals surface area contributed by atoms with E-state index in [9.17, 15) is 4.39 Å². The van der Waals surface area contributed by atoms with Gasteiger partial charge in [0.25, 0.3) is 0 Å². The maximum absolute atomic E-state index is 13.5. The summed E-state index contributed by atoms with van der Waals surface area (Å²) in [6.07, 6.45) is 0.733. The van der Waals surface area contributed by atoms with Crippen LogP contribution in [0.15, 0.2) is 24.3 Å². The molecule has 1 aliphatic heterocycles. The van der Waals surface area contributed by atoms with E-state index in [0.29, 0.717) is 18.6 Å². The molecule has 0 amide bonds. The maximum atomic E-state index is 13.5. The zero-order valence-electron chi connectivity index (χ0n) is 9.16. The molecular weight excluding hydrogens is 207 g/mol. The summed E-state index contributed by atoms with van der Waals surface area (Å²) in [5.74, 6) is -0.237. The molecule has 3 N–H and O–H groups in total. The van der Waals surface area contributed by atoms with Crippen molar-refractivity contribution >= 4 is 0 Å². The summed E-state index contributed by atoms with van der Waals surface area (Å²) in [5.41, 5.74) is 6.55. The van der Waals surface area contributed by atoms with Crippen LogP contribution < -0.4 is 11.1 Å². The fourth-order valence-corrected chi connectivity index (χ4v) is 1.96. The van der Waals surface area contributed by atoms with E-state index in [1.54, 1.807) is 18.2 Å². The van der Waals surface area contributed by atoms with Crippen LogP contribution in [0.3, 0.4) is 0 Å². The number of benzene rings is 1. The standard InChI is InChI=1S/C12H17FN2O/c13-11-4-2-1-3-10(11)12(14)7-9-8-15-5-6-16-9/h1-4,9,12,15H,5-8,14H2. The van der Waals surface area contributed by atoms with Gasteiger partial charge < -0.3 is 15.8 Å². The van der Waals surface area contributed by atoms with Gasteiger partial charge in [0.1, 0.15) is 5.82 Å². The van der Waals surface area contributed by atoms with Gasteiger partial charge in [0, 0.05) is 24.7 Å². The zero-order chi connectivity index (χ0) is 11.4. The summed E-state index contributed by atoms with van der Waals surface area (Å²) in [4.78, 5) is 0. The third-order valence-corrected chi connectivity index (χ3v) is 2.83. The van der Waals surface area contributed by atoms with Crippen molar-refractivity contribution in [3.63, 3.8) is 0 Å². The normalized spacial score (nSPS) is 23.0. The molecule has 1 aromatic carbocycles. The topological polar surface area (TPSA) is 47.3 Å². The number of nitrogens with two attached hydrogens (primary N) is 1. The van der Waals surface area contributed by atoms with E-state index in [4.69, 9.17) is 10.5 Å². The summed E-state index contributed by atoms with van der Waals surface area (Å²) < 4.78 is 19.0. The average molecular weight is 224 g/mol. The molecule has 2 rings (SSSR count). The predicted molar refractivity (Wildman–Crippen MR) is 60.6 cm³/mol. The van der Waals surface area contributed by atoms with E-state index in [0.717, 1.165) is 13.1 Å². The SMILES string of the molecule is NC(CC1CNCCO1)c1ccccc1F. The van der Waals surface area contributed by atoms with Crippen molar-refractivity contribution in [1.82, 2.24) is 5.32 Å². The minimum Gasteiger partial charge on any atom is -0.376 e. The summed E-state index contributed by atoms with van der Waals surface area (Å²) >= 11 is 0. The van der Waals surface area contributed by atoms with E-state index in [1.165, 1.54) is 6.07 Å². The summed E-state index contributed by atoms with van der Waals surface area (Å²) in [6, 6.07) is 6.35. The highest BCUT2D eigenvalue weighted by molar-refractivity contribution is 5.20. The first kappa shape index (κ1) is 11.5. The van der Waals surface area contributed by atoms with Gasteiger partial charge in [-0.3, -0.25) is 0 Å². The molecule has 1 heterocycles. The van der Waals surface area contributed by atoms with Crippen LogP contribution in [0.25, 0.3) is 0 Å². The largest absolute Gasteiger partial charge is 0.376 e. The third kappa shape index (κ3) is 2.78. The van der Waals surface area contributed by atoms with Crippen molar-refractivity contribution in [3.8, 4) is 0 Å². The molecule has 2 atom stereocenters. The first-order chi connectivity index (χ1) is 7.77. The lowest BCUT2D eigenvalue weighted by Gasteiger charge is -2.26. The van der Waals surface area contributed by atoms with E-state index in [-0.39, 0.29) is 18.0 Å². The second-order valence-electron chi connectivity index (χ2n) is 4.06. The molecule has 0 bridgehead atoms. The lowest BCUT2D eigenvalue weighted by Crippen LogP contribution is -2.40. The van der Waals surface area contributed by atoms with Gasteiger partial charge in [-0.1, -0.05) is 18.2 Å². The van der Waals surface area contributed by atoms with Crippen LogP contribution in [0.5, 0.6) is 0 Å². The summed E-state index contributed by atoms with van der Waals surface area (Å²) in [7, 11) is 0. The fourth-order valence-electron chi connectivity index (χ4n) is 1.96. The Kier molecular flexibility index (Phi) is 3.88. The number of hydrogen-bond acceptors (Lipinski definition) is 3. The molecule has 16 heavy (non-hydrogen) atoms. The molecule has 1 saturated heterocycles. The van der Waals surface area contributed by atoms with E-state index < -0.39 is 0 Å². The van der Waals surface area contributed by atoms with Crippen LogP contribution in [0, 0.1) is 5.82 Å². The lowest BCUT2D eigenvalue weighted by atomic mass is 10.0. The highest BCUT2D eigenvalue weighted by Crippen LogP contribution is 2.20. The third-order valence-electron chi connectivity index (χ3n) is 2.83. The molecule has 0 saturated carbocycles. The molecule has 1 aliphatic rings. The highest BCUT2D eigenvalue weighted by atomic mass is 19.1. The number of nitrogens with one attached hydrogen (secondary N) is 1. The van der Waals surface area contributed by atoms with Gasteiger partial charge in [-0.05, 0) is 12.5 Å². The molecular formula is C12H17FN2O. The maximum Gasteiger partial charge on any atom is 0.127 e. The fraction of sp³-hybridized carbons (Fsp3) is 0.500. The van der Waals surface area contributed by atoms with Crippen molar-refractivity contribution in [1.29, 1.82) is 0 Å². The average Bonchev–Trinajstić information content (AvgIpc) is 2.31. The van der Waals surface area contributed by atoms with Gasteiger partial charge in [0.2, 0.25) is 0 Å². The van der Waals surface area contributed by atoms with Crippen LogP contribution in [-0.4, -0.2) is 25.8 Å². The molecule has 0 aromatic heterocycles. The minimum atomic E-state index is -0.300. The van der Waals surface area contributed by atoms with Crippen LogP contribution >= 0.6 is 0 Å². The van der Waals surface area contributed by atoms with Crippen LogP contribution in [0.4, 0.5) is 4.39 Å². The monoisotopic (exact) mass is 224 g/mol. The molecule has 0 radical (unpaired) electrons. The van der Waals surface area contributed by atoms with Gasteiger partial charge in [-0.2, -0.15) is 0 Å². The van der Waals surface area contributed by atoms with Gasteiger partial charge in [-0.15, -0.1) is 0 Å². The van der Waals surface area contributed by atoms with Crippen LogP contribution in [0.2, 0.25) is 0 Å². The Labute approximate surface area is 94.8 Å². The molecule has 3 nitrogen and oxygen atoms in total. The smallest absolute Gasteiger partial charge is 0.127 e. The summed E-state index contributed by atoms with van der Waals surface area (Å²) in [5, 5.41) is 3.23. The molecule has 4 heteroatoms. The van der Waals surface area contributed by atoms with Crippen molar-refractivity contribution < 1.29 is 9.13 Å². The van der Waals surface area contributed by atoms with Crippen molar-refractivity contribution in [2.75, 3.05) is 19.7 Å². The first-order valence-electron chi connectivity index (χ1n) is 5.59. The number of morpholine rings is 1. The molecule has 0 spiro atoms. The number of ether oxygens (including phenoxy) is 1. The van der Waals surface area contributed by atoms with Crippen molar-refractivity contribution in [2.24, 2.45) is 5.73 Å². The van der Waals surface area contributed by atoms with Crippen molar-refractivity contribution in [3.05, 3.63) is 35.6 Å².